The van der Waals surface area contributed by atoms with Gasteiger partial charge in [0.2, 0.25) is 5.91 Å². The van der Waals surface area contributed by atoms with Crippen molar-refractivity contribution in [3.05, 3.63) is 63.3 Å². The van der Waals surface area contributed by atoms with Crippen molar-refractivity contribution in [1.82, 2.24) is 14.9 Å². The van der Waals surface area contributed by atoms with Crippen molar-refractivity contribution in [3.63, 3.8) is 0 Å². The van der Waals surface area contributed by atoms with Gasteiger partial charge in [0.25, 0.3) is 5.56 Å². The molecule has 168 valence electrons. The normalized spacial score (nSPS) is 13.7. The minimum Gasteiger partial charge on any atom is -0.497 e. The summed E-state index contributed by atoms with van der Waals surface area (Å²) in [6.07, 6.45) is 8.03. The number of carbonyl (C=O) groups excluding carboxylic acids is 1. The number of nitrogens with zero attached hydrogens (tertiary/aromatic N) is 2. The first-order valence-corrected chi connectivity index (χ1v) is 12.7. The molecule has 4 rings (SSSR count). The number of nitrogens with one attached hydrogen (secondary N) is 1. The number of benzene rings is 1. The molecule has 2 aromatic heterocycles. The summed E-state index contributed by atoms with van der Waals surface area (Å²) in [6, 6.07) is 9.48. The second kappa shape index (κ2) is 10.8. The van der Waals surface area contributed by atoms with E-state index in [0.29, 0.717) is 28.5 Å². The predicted molar refractivity (Wildman–Crippen MR) is 131 cm³/mol. The van der Waals surface area contributed by atoms with Crippen LogP contribution in [0.25, 0.3) is 10.2 Å². The highest BCUT2D eigenvalue weighted by Gasteiger charge is 2.15. The quantitative estimate of drug-likeness (QED) is 0.281. The summed E-state index contributed by atoms with van der Waals surface area (Å²) in [5.41, 5.74) is 2.98. The lowest BCUT2D eigenvalue weighted by Crippen LogP contribution is -2.28. The van der Waals surface area contributed by atoms with E-state index in [4.69, 9.17) is 4.74 Å². The first kappa shape index (κ1) is 22.6. The molecule has 0 saturated heterocycles. The van der Waals surface area contributed by atoms with Crippen molar-refractivity contribution in [3.8, 4) is 5.75 Å². The van der Waals surface area contributed by atoms with E-state index in [1.165, 1.54) is 41.5 Å². The van der Waals surface area contributed by atoms with Gasteiger partial charge >= 0.3 is 0 Å². The van der Waals surface area contributed by atoms with Gasteiger partial charge in [0.15, 0.2) is 5.16 Å². The summed E-state index contributed by atoms with van der Waals surface area (Å²) >= 11 is 2.69. The predicted octanol–water partition coefficient (Wildman–Crippen LogP) is 4.61. The summed E-state index contributed by atoms with van der Waals surface area (Å²) in [4.78, 5) is 30.2. The number of thiophene rings is 1. The lowest BCUT2D eigenvalue weighted by molar-refractivity contribution is -0.118. The summed E-state index contributed by atoms with van der Waals surface area (Å²) in [5, 5.41) is 5.42. The number of fused-ring (bicyclic) bond motifs is 1. The summed E-state index contributed by atoms with van der Waals surface area (Å²) < 4.78 is 7.59. The number of amides is 1. The maximum Gasteiger partial charge on any atom is 0.272 e. The van der Waals surface area contributed by atoms with Crippen LogP contribution in [0.2, 0.25) is 0 Å². The zero-order valence-electron chi connectivity index (χ0n) is 18.1. The van der Waals surface area contributed by atoms with Crippen molar-refractivity contribution >= 4 is 39.2 Å². The molecular formula is C24H27N3O3S2. The maximum atomic E-state index is 13.1. The summed E-state index contributed by atoms with van der Waals surface area (Å²) in [6.45, 7) is 1.02. The minimum atomic E-state index is -0.0834. The Morgan fingerprint density at radius 2 is 2.22 bits per heavy atom. The molecule has 8 heteroatoms. The Labute approximate surface area is 195 Å². The fraction of sp³-hybridized carbons (Fsp3) is 0.375. The Morgan fingerprint density at radius 3 is 3.03 bits per heavy atom. The molecule has 1 aromatic carbocycles. The third-order valence-electron chi connectivity index (χ3n) is 5.49. The summed E-state index contributed by atoms with van der Waals surface area (Å²) in [7, 11) is 1.62. The van der Waals surface area contributed by atoms with Crippen LogP contribution in [0.4, 0.5) is 0 Å². The number of hydrogen-bond acceptors (Lipinski definition) is 6. The molecule has 1 N–H and O–H groups in total. The number of allylic oxidation sites excluding steroid dienone is 1. The number of carbonyl (C=O) groups is 1. The van der Waals surface area contributed by atoms with E-state index in [0.717, 1.165) is 30.6 Å². The van der Waals surface area contributed by atoms with Crippen molar-refractivity contribution in [2.75, 3.05) is 19.4 Å². The fourth-order valence-electron chi connectivity index (χ4n) is 3.80. The number of aromatic nitrogens is 2. The van der Waals surface area contributed by atoms with E-state index < -0.39 is 0 Å². The van der Waals surface area contributed by atoms with Gasteiger partial charge in [0.05, 0.1) is 24.9 Å². The number of methoxy groups -OCH3 is 1. The topological polar surface area (TPSA) is 73.2 Å². The van der Waals surface area contributed by atoms with Gasteiger partial charge in [0.1, 0.15) is 10.4 Å². The average Bonchev–Trinajstić information content (AvgIpc) is 3.29. The Balaban J connectivity index is 1.46. The third-order valence-corrected chi connectivity index (χ3v) is 7.36. The number of rotatable bonds is 9. The molecule has 0 aliphatic heterocycles. The van der Waals surface area contributed by atoms with Crippen LogP contribution < -0.4 is 15.6 Å². The number of thioether (sulfide) groups is 1. The molecule has 6 nitrogen and oxygen atoms in total. The van der Waals surface area contributed by atoms with Crippen LogP contribution in [0.5, 0.6) is 5.75 Å². The van der Waals surface area contributed by atoms with E-state index in [-0.39, 0.29) is 17.2 Å². The maximum absolute atomic E-state index is 13.1. The van der Waals surface area contributed by atoms with Gasteiger partial charge in [-0.2, -0.15) is 0 Å². The molecule has 0 bridgehead atoms. The Bertz CT molecular complexity index is 1180. The van der Waals surface area contributed by atoms with Crippen molar-refractivity contribution in [2.24, 2.45) is 0 Å². The molecule has 0 unspecified atom stereocenters. The van der Waals surface area contributed by atoms with Gasteiger partial charge in [-0.3, -0.25) is 14.2 Å². The van der Waals surface area contributed by atoms with Crippen LogP contribution in [0, 0.1) is 0 Å². The van der Waals surface area contributed by atoms with E-state index >= 15 is 0 Å². The molecule has 1 aliphatic rings. The van der Waals surface area contributed by atoms with Crippen LogP contribution in [0.1, 0.15) is 37.7 Å². The number of hydrogen-bond donors (Lipinski definition) is 1. The standard InChI is InChI=1S/C24H27N3O3S2/c1-30-19-9-5-8-18(14-19)15-27-23(29)22-20(11-13-31-22)26-24(27)32-16-21(28)25-12-10-17-6-3-2-4-7-17/h5-6,8-9,11,13-14H,2-4,7,10,12,15-16H2,1H3,(H,25,28). The second-order valence-electron chi connectivity index (χ2n) is 7.77. The lowest BCUT2D eigenvalue weighted by atomic mass is 9.97. The van der Waals surface area contributed by atoms with Crippen molar-refractivity contribution < 1.29 is 9.53 Å². The second-order valence-corrected chi connectivity index (χ2v) is 9.63. The first-order valence-electron chi connectivity index (χ1n) is 10.8. The van der Waals surface area contributed by atoms with E-state index in [1.807, 2.05) is 35.7 Å². The molecule has 0 spiro atoms. The van der Waals surface area contributed by atoms with Crippen LogP contribution in [-0.2, 0) is 11.3 Å². The largest absolute Gasteiger partial charge is 0.497 e. The molecule has 2 heterocycles. The zero-order valence-corrected chi connectivity index (χ0v) is 19.8. The molecule has 0 radical (unpaired) electrons. The van der Waals surface area contributed by atoms with Gasteiger partial charge in [-0.15, -0.1) is 11.3 Å². The van der Waals surface area contributed by atoms with Crippen molar-refractivity contribution in [1.29, 1.82) is 0 Å². The monoisotopic (exact) mass is 469 g/mol. The molecular weight excluding hydrogens is 442 g/mol. The fourth-order valence-corrected chi connectivity index (χ4v) is 5.41. The number of ether oxygens (including phenoxy) is 1. The smallest absolute Gasteiger partial charge is 0.272 e. The van der Waals surface area contributed by atoms with Crippen LogP contribution in [0.3, 0.4) is 0 Å². The molecule has 0 saturated carbocycles. The highest BCUT2D eigenvalue weighted by Crippen LogP contribution is 2.23. The zero-order chi connectivity index (χ0) is 22.3. The lowest BCUT2D eigenvalue weighted by Gasteiger charge is -2.14. The minimum absolute atomic E-state index is 0.0426. The Morgan fingerprint density at radius 1 is 1.31 bits per heavy atom. The van der Waals surface area contributed by atoms with Gasteiger partial charge in [-0.1, -0.05) is 35.5 Å². The highest BCUT2D eigenvalue weighted by atomic mass is 32.2. The van der Waals surface area contributed by atoms with Crippen LogP contribution in [-0.4, -0.2) is 34.9 Å². The van der Waals surface area contributed by atoms with Gasteiger partial charge in [0, 0.05) is 6.54 Å². The summed E-state index contributed by atoms with van der Waals surface area (Å²) in [5.74, 6) is 0.917. The molecule has 3 aromatic rings. The third kappa shape index (κ3) is 5.61. The average molecular weight is 470 g/mol. The van der Waals surface area contributed by atoms with E-state index in [1.54, 1.807) is 11.7 Å². The molecule has 0 fully saturated rings. The molecule has 1 amide bonds. The van der Waals surface area contributed by atoms with E-state index in [9.17, 15) is 9.59 Å². The molecule has 32 heavy (non-hydrogen) atoms. The molecule has 0 atom stereocenters. The van der Waals surface area contributed by atoms with Gasteiger partial charge in [-0.25, -0.2) is 4.98 Å². The van der Waals surface area contributed by atoms with Gasteiger partial charge < -0.3 is 10.1 Å². The molecule has 1 aliphatic carbocycles. The van der Waals surface area contributed by atoms with Crippen LogP contribution in [0.15, 0.2) is 57.3 Å². The highest BCUT2D eigenvalue weighted by molar-refractivity contribution is 7.99. The van der Waals surface area contributed by atoms with Crippen LogP contribution >= 0.6 is 23.1 Å². The van der Waals surface area contributed by atoms with E-state index in [2.05, 4.69) is 16.4 Å². The van der Waals surface area contributed by atoms with Crippen molar-refractivity contribution in [2.45, 2.75) is 43.8 Å². The van der Waals surface area contributed by atoms with Gasteiger partial charge in [-0.05, 0) is 61.2 Å². The SMILES string of the molecule is COc1cccc(Cn2c(SCC(=O)NCCC3=CCCCC3)nc3ccsc3c2=O)c1. The first-order chi connectivity index (χ1) is 15.6. The Kier molecular flexibility index (Phi) is 7.65. The Hall–Kier alpha value is -2.58.